The Hall–Kier alpha value is -3.58. The van der Waals surface area contributed by atoms with Gasteiger partial charge in [0.2, 0.25) is 11.8 Å². The van der Waals surface area contributed by atoms with Gasteiger partial charge in [-0.15, -0.1) is 6.42 Å². The molecule has 0 fully saturated rings. The summed E-state index contributed by atoms with van der Waals surface area (Å²) in [5, 5.41) is 15.1. The SMILES string of the molecule is C#Cc1ccc(C(C(=O)NCCC(=O)OCC)N(C(=O)C(CO)NC(=O)OC(C)(C)C)C(C)CC)cc1. The van der Waals surface area contributed by atoms with Gasteiger partial charge in [0.1, 0.15) is 17.7 Å². The number of ether oxygens (including phenoxy) is 2. The third-order valence-corrected chi connectivity index (χ3v) is 5.35. The lowest BCUT2D eigenvalue weighted by molar-refractivity contribution is -0.146. The number of hydrogen-bond donors (Lipinski definition) is 3. The molecule has 0 spiro atoms. The standard InChI is InChI=1S/C27H39N3O7/c1-8-18(4)30(25(34)21(17-31)29-26(35)37-27(5,6)7)23(20-13-11-19(9-2)12-14-20)24(33)28-16-15-22(32)36-10-3/h2,11-14,18,21,23,31H,8,10,15-17H2,1,3-7H3,(H,28,33)(H,29,35). The summed E-state index contributed by atoms with van der Waals surface area (Å²) < 4.78 is 10.1. The second-order valence-corrected chi connectivity index (χ2v) is 9.40. The summed E-state index contributed by atoms with van der Waals surface area (Å²) in [6.45, 7) is 9.81. The van der Waals surface area contributed by atoms with Crippen molar-refractivity contribution in [2.75, 3.05) is 19.8 Å². The Bertz CT molecular complexity index is 964. The van der Waals surface area contributed by atoms with Crippen molar-refractivity contribution in [3.63, 3.8) is 0 Å². The Morgan fingerprint density at radius 2 is 1.76 bits per heavy atom. The minimum atomic E-state index is -1.36. The molecule has 0 radical (unpaired) electrons. The summed E-state index contributed by atoms with van der Waals surface area (Å²) in [4.78, 5) is 52.5. The first-order valence-electron chi connectivity index (χ1n) is 12.3. The molecule has 0 aliphatic heterocycles. The molecular weight excluding hydrogens is 478 g/mol. The van der Waals surface area contributed by atoms with E-state index in [1.165, 1.54) is 4.90 Å². The zero-order valence-corrected chi connectivity index (χ0v) is 22.5. The highest BCUT2D eigenvalue weighted by Gasteiger charge is 2.38. The molecule has 1 rings (SSSR count). The number of nitrogens with zero attached hydrogens (tertiary/aromatic N) is 1. The molecule has 1 aromatic rings. The average molecular weight is 518 g/mol. The molecule has 0 aliphatic carbocycles. The van der Waals surface area contributed by atoms with Crippen LogP contribution in [-0.4, -0.2) is 71.3 Å². The Balaban J connectivity index is 3.37. The Kier molecular flexibility index (Phi) is 12.6. The van der Waals surface area contributed by atoms with Crippen LogP contribution in [0.15, 0.2) is 24.3 Å². The van der Waals surface area contributed by atoms with Crippen LogP contribution < -0.4 is 10.6 Å². The number of rotatable bonds is 12. The third kappa shape index (κ3) is 10.1. The first-order chi connectivity index (χ1) is 17.4. The number of amides is 3. The number of benzene rings is 1. The van der Waals surface area contributed by atoms with E-state index in [1.54, 1.807) is 58.9 Å². The van der Waals surface area contributed by atoms with Crippen LogP contribution in [-0.2, 0) is 23.9 Å². The normalized spacial score (nSPS) is 13.4. The van der Waals surface area contributed by atoms with Gasteiger partial charge in [0.25, 0.3) is 0 Å². The molecule has 1 aromatic carbocycles. The van der Waals surface area contributed by atoms with Crippen LogP contribution in [0.25, 0.3) is 0 Å². The van der Waals surface area contributed by atoms with E-state index in [-0.39, 0.29) is 19.6 Å². The molecule has 0 aromatic heterocycles. The topological polar surface area (TPSA) is 134 Å². The fourth-order valence-electron chi connectivity index (χ4n) is 3.43. The highest BCUT2D eigenvalue weighted by molar-refractivity contribution is 5.92. The highest BCUT2D eigenvalue weighted by Crippen LogP contribution is 2.26. The second kappa shape index (κ2) is 14.9. The van der Waals surface area contributed by atoms with Gasteiger partial charge in [-0.3, -0.25) is 14.4 Å². The molecule has 10 nitrogen and oxygen atoms in total. The predicted molar refractivity (Wildman–Crippen MR) is 138 cm³/mol. The predicted octanol–water partition coefficient (Wildman–Crippen LogP) is 2.29. The van der Waals surface area contributed by atoms with E-state index in [1.807, 2.05) is 6.92 Å². The summed E-state index contributed by atoms with van der Waals surface area (Å²) in [5.41, 5.74) is 0.241. The number of nitrogens with one attached hydrogen (secondary N) is 2. The Morgan fingerprint density at radius 3 is 2.24 bits per heavy atom. The lowest BCUT2D eigenvalue weighted by atomic mass is 9.99. The van der Waals surface area contributed by atoms with Crippen molar-refractivity contribution < 1.29 is 33.8 Å². The summed E-state index contributed by atoms with van der Waals surface area (Å²) in [5.74, 6) is 0.831. The van der Waals surface area contributed by atoms with Crippen molar-refractivity contribution in [1.29, 1.82) is 0 Å². The summed E-state index contributed by atoms with van der Waals surface area (Å²) in [6.07, 6.45) is 5.02. The van der Waals surface area contributed by atoms with Gasteiger partial charge < -0.3 is 30.1 Å². The molecule has 0 heterocycles. The first kappa shape index (κ1) is 31.4. The number of aliphatic hydroxyl groups excluding tert-OH is 1. The van der Waals surface area contributed by atoms with E-state index in [2.05, 4.69) is 16.6 Å². The van der Waals surface area contributed by atoms with E-state index in [9.17, 15) is 24.3 Å². The fourth-order valence-corrected chi connectivity index (χ4v) is 3.43. The molecule has 204 valence electrons. The molecule has 10 heteroatoms. The van der Waals surface area contributed by atoms with Gasteiger partial charge in [0, 0.05) is 18.2 Å². The number of carbonyl (C=O) groups excluding carboxylic acids is 4. The van der Waals surface area contributed by atoms with Crippen LogP contribution in [0.1, 0.15) is 71.6 Å². The maximum absolute atomic E-state index is 13.7. The third-order valence-electron chi connectivity index (χ3n) is 5.35. The highest BCUT2D eigenvalue weighted by atomic mass is 16.6. The molecule has 3 N–H and O–H groups in total. The summed E-state index contributed by atoms with van der Waals surface area (Å²) >= 11 is 0. The van der Waals surface area contributed by atoms with Gasteiger partial charge in [0.15, 0.2) is 0 Å². The van der Waals surface area contributed by atoms with Crippen LogP contribution in [0.5, 0.6) is 0 Å². The van der Waals surface area contributed by atoms with Crippen molar-refractivity contribution >= 4 is 23.9 Å². The largest absolute Gasteiger partial charge is 0.466 e. The van der Waals surface area contributed by atoms with Crippen molar-refractivity contribution in [3.8, 4) is 12.3 Å². The summed E-state index contributed by atoms with van der Waals surface area (Å²) in [7, 11) is 0. The molecule has 0 bridgehead atoms. The second-order valence-electron chi connectivity index (χ2n) is 9.40. The number of hydrogen-bond acceptors (Lipinski definition) is 7. The van der Waals surface area contributed by atoms with E-state index in [0.29, 0.717) is 17.5 Å². The van der Waals surface area contributed by atoms with Crippen molar-refractivity contribution in [2.45, 2.75) is 78.1 Å². The zero-order chi connectivity index (χ0) is 28.2. The maximum Gasteiger partial charge on any atom is 0.408 e. The number of esters is 1. The van der Waals surface area contributed by atoms with Crippen LogP contribution in [0, 0.1) is 12.3 Å². The molecule has 3 unspecified atom stereocenters. The average Bonchev–Trinajstić information content (AvgIpc) is 2.84. The van der Waals surface area contributed by atoms with Crippen molar-refractivity contribution in [2.24, 2.45) is 0 Å². The first-order valence-corrected chi connectivity index (χ1v) is 12.3. The molecule has 3 amide bonds. The molecule has 0 saturated heterocycles. The van der Waals surface area contributed by atoms with Gasteiger partial charge in [-0.1, -0.05) is 25.0 Å². The van der Waals surface area contributed by atoms with E-state index in [0.717, 1.165) is 0 Å². The van der Waals surface area contributed by atoms with Gasteiger partial charge >= 0.3 is 12.1 Å². The molecular formula is C27H39N3O7. The number of aliphatic hydroxyl groups is 1. The van der Waals surface area contributed by atoms with Gasteiger partial charge in [0.05, 0.1) is 19.6 Å². The van der Waals surface area contributed by atoms with E-state index in [4.69, 9.17) is 15.9 Å². The summed E-state index contributed by atoms with van der Waals surface area (Å²) in [6, 6.07) is 3.63. The molecule has 0 saturated carbocycles. The monoisotopic (exact) mass is 517 g/mol. The van der Waals surface area contributed by atoms with Gasteiger partial charge in [-0.25, -0.2) is 4.79 Å². The maximum atomic E-state index is 13.7. The van der Waals surface area contributed by atoms with Crippen LogP contribution in [0.3, 0.4) is 0 Å². The number of alkyl carbamates (subject to hydrolysis) is 1. The Morgan fingerprint density at radius 1 is 1.14 bits per heavy atom. The molecule has 0 aliphatic rings. The van der Waals surface area contributed by atoms with Crippen molar-refractivity contribution in [3.05, 3.63) is 35.4 Å². The lowest BCUT2D eigenvalue weighted by Crippen LogP contribution is -2.56. The van der Waals surface area contributed by atoms with Gasteiger partial charge in [-0.2, -0.15) is 0 Å². The minimum Gasteiger partial charge on any atom is -0.466 e. The van der Waals surface area contributed by atoms with Gasteiger partial charge in [-0.05, 0) is 58.7 Å². The zero-order valence-electron chi connectivity index (χ0n) is 22.5. The number of carbonyl (C=O) groups is 4. The Labute approximate surface area is 219 Å². The molecule has 37 heavy (non-hydrogen) atoms. The minimum absolute atomic E-state index is 0.00126. The fraction of sp³-hybridized carbons (Fsp3) is 0.556. The van der Waals surface area contributed by atoms with Crippen LogP contribution in [0.4, 0.5) is 4.79 Å². The van der Waals surface area contributed by atoms with E-state index >= 15 is 0 Å². The quantitative estimate of drug-likeness (QED) is 0.286. The smallest absolute Gasteiger partial charge is 0.408 e. The van der Waals surface area contributed by atoms with Crippen LogP contribution >= 0.6 is 0 Å². The lowest BCUT2D eigenvalue weighted by Gasteiger charge is -2.38. The molecule has 3 atom stereocenters. The number of terminal acetylenes is 1. The van der Waals surface area contributed by atoms with Crippen LogP contribution in [0.2, 0.25) is 0 Å². The van der Waals surface area contributed by atoms with Crippen molar-refractivity contribution in [1.82, 2.24) is 15.5 Å². The van der Waals surface area contributed by atoms with E-state index < -0.39 is 54.2 Å².